The van der Waals surface area contributed by atoms with Crippen molar-refractivity contribution in [2.45, 2.75) is 38.0 Å². The number of rotatable bonds is 2. The molecule has 2 heterocycles. The van der Waals surface area contributed by atoms with Crippen LogP contribution in [-0.4, -0.2) is 4.98 Å². The number of nitrogens with zero attached hydrogens (tertiary/aromatic N) is 1. The van der Waals surface area contributed by atoms with E-state index < -0.39 is 0 Å². The van der Waals surface area contributed by atoms with Gasteiger partial charge in [0.25, 0.3) is 0 Å². The maximum absolute atomic E-state index is 5.86. The Kier molecular flexibility index (Phi) is 3.21. The summed E-state index contributed by atoms with van der Waals surface area (Å²) in [4.78, 5) is 6.85. The minimum Gasteiger partial charge on any atom is -0.442 e. The molecule has 2 aromatic heterocycles. The zero-order valence-corrected chi connectivity index (χ0v) is 11.1. The predicted octanol–water partition coefficient (Wildman–Crippen LogP) is 4.41. The summed E-state index contributed by atoms with van der Waals surface area (Å²) in [6, 6.07) is 2.27. The molecule has 0 saturated carbocycles. The van der Waals surface area contributed by atoms with Crippen LogP contribution in [0.1, 0.15) is 35.4 Å². The fourth-order valence-electron chi connectivity index (χ4n) is 2.34. The zero-order chi connectivity index (χ0) is 11.7. The van der Waals surface area contributed by atoms with Gasteiger partial charge in [-0.05, 0) is 37.3 Å². The summed E-state index contributed by atoms with van der Waals surface area (Å²) in [6.45, 7) is 0. The molecule has 0 aromatic carbocycles. The van der Waals surface area contributed by atoms with Crippen LogP contribution in [0, 0.1) is 0 Å². The molecule has 0 radical (unpaired) electrons. The topological polar surface area (TPSA) is 26.0 Å². The van der Waals surface area contributed by atoms with Gasteiger partial charge in [0.1, 0.15) is 5.69 Å². The van der Waals surface area contributed by atoms with Crippen molar-refractivity contribution in [3.05, 3.63) is 28.6 Å². The van der Waals surface area contributed by atoms with Crippen molar-refractivity contribution >= 4 is 22.9 Å². The van der Waals surface area contributed by atoms with Crippen LogP contribution in [-0.2, 0) is 18.7 Å². The van der Waals surface area contributed by atoms with E-state index in [2.05, 4.69) is 11.1 Å². The number of thiophene rings is 1. The van der Waals surface area contributed by atoms with Crippen molar-refractivity contribution in [2.24, 2.45) is 0 Å². The third-order valence-corrected chi connectivity index (χ3v) is 4.73. The van der Waals surface area contributed by atoms with Crippen molar-refractivity contribution < 1.29 is 4.42 Å². The van der Waals surface area contributed by atoms with Crippen LogP contribution in [0.5, 0.6) is 0 Å². The first-order valence-corrected chi connectivity index (χ1v) is 7.34. The third-order valence-electron chi connectivity index (χ3n) is 3.24. The molecule has 0 bridgehead atoms. The molecule has 0 N–H and O–H groups in total. The summed E-state index contributed by atoms with van der Waals surface area (Å²) in [6.07, 6.45) is 7.87. The van der Waals surface area contributed by atoms with Crippen LogP contribution < -0.4 is 0 Å². The fourth-order valence-corrected chi connectivity index (χ4v) is 3.80. The lowest BCUT2D eigenvalue weighted by atomic mass is 10.1. The number of halogens is 1. The first-order chi connectivity index (χ1) is 8.38. The molecule has 1 aliphatic rings. The Labute approximate surface area is 110 Å². The molecule has 0 spiro atoms. The van der Waals surface area contributed by atoms with Gasteiger partial charge in [0.15, 0.2) is 12.2 Å². The summed E-state index contributed by atoms with van der Waals surface area (Å²) >= 11 is 7.70. The second kappa shape index (κ2) is 4.83. The Morgan fingerprint density at radius 1 is 1.29 bits per heavy atom. The van der Waals surface area contributed by atoms with Crippen LogP contribution in [0.2, 0.25) is 0 Å². The lowest BCUT2D eigenvalue weighted by Crippen LogP contribution is -1.81. The quantitative estimate of drug-likeness (QED) is 0.595. The zero-order valence-electron chi connectivity index (χ0n) is 9.54. The second-order valence-corrected chi connectivity index (χ2v) is 5.79. The maximum Gasteiger partial charge on any atom is 0.181 e. The van der Waals surface area contributed by atoms with Crippen molar-refractivity contribution in [1.29, 1.82) is 0 Å². The average Bonchev–Trinajstić information content (AvgIpc) is 2.91. The Bertz CT molecular complexity index is 494. The third kappa shape index (κ3) is 2.14. The summed E-state index contributed by atoms with van der Waals surface area (Å²) < 4.78 is 5.47. The molecule has 4 heteroatoms. The van der Waals surface area contributed by atoms with Gasteiger partial charge in [-0.15, -0.1) is 22.9 Å². The number of fused-ring (bicyclic) bond motifs is 1. The van der Waals surface area contributed by atoms with Gasteiger partial charge in [0.2, 0.25) is 0 Å². The van der Waals surface area contributed by atoms with Gasteiger partial charge in [0.05, 0.1) is 10.8 Å². The van der Waals surface area contributed by atoms with E-state index in [9.17, 15) is 0 Å². The van der Waals surface area contributed by atoms with Crippen molar-refractivity contribution in [1.82, 2.24) is 4.98 Å². The molecular weight excluding hydrogens is 254 g/mol. The number of aryl methyl sites for hydroxylation is 2. The van der Waals surface area contributed by atoms with E-state index >= 15 is 0 Å². The molecule has 1 aliphatic carbocycles. The largest absolute Gasteiger partial charge is 0.442 e. The minimum absolute atomic E-state index is 0.411. The molecule has 0 aliphatic heterocycles. The highest BCUT2D eigenvalue weighted by molar-refractivity contribution is 7.15. The highest BCUT2D eigenvalue weighted by Crippen LogP contribution is 2.36. The molecule has 0 saturated heterocycles. The molecule has 17 heavy (non-hydrogen) atoms. The summed E-state index contributed by atoms with van der Waals surface area (Å²) in [5.74, 6) is 1.27. The van der Waals surface area contributed by atoms with E-state index in [0.717, 1.165) is 11.5 Å². The van der Waals surface area contributed by atoms with E-state index in [1.165, 1.54) is 53.8 Å². The number of alkyl halides is 1. The van der Waals surface area contributed by atoms with E-state index in [4.69, 9.17) is 16.0 Å². The average molecular weight is 268 g/mol. The van der Waals surface area contributed by atoms with Gasteiger partial charge < -0.3 is 4.42 Å². The van der Waals surface area contributed by atoms with E-state index in [1.54, 1.807) is 0 Å². The summed E-state index contributed by atoms with van der Waals surface area (Å²) in [5.41, 5.74) is 2.35. The lowest BCUT2D eigenvalue weighted by molar-refractivity contribution is 0.572. The van der Waals surface area contributed by atoms with Gasteiger partial charge in [-0.1, -0.05) is 6.42 Å². The predicted molar refractivity (Wildman–Crippen MR) is 70.6 cm³/mol. The van der Waals surface area contributed by atoms with Crippen molar-refractivity contribution in [3.8, 4) is 10.6 Å². The molecule has 0 fully saturated rings. The van der Waals surface area contributed by atoms with Crippen LogP contribution in [0.15, 0.2) is 16.9 Å². The van der Waals surface area contributed by atoms with Crippen LogP contribution in [0.25, 0.3) is 10.6 Å². The Hall–Kier alpha value is -0.800. The SMILES string of the molecule is ClCc1ncoc1-c1cc2c(s1)CCCCC2. The smallest absolute Gasteiger partial charge is 0.181 e. The standard InChI is InChI=1S/C13H14ClNOS/c14-7-10-13(16-8-15-10)12-6-9-4-2-1-3-5-11(9)17-12/h6,8H,1-5,7H2. The van der Waals surface area contributed by atoms with E-state index in [-0.39, 0.29) is 0 Å². The maximum atomic E-state index is 5.86. The summed E-state index contributed by atoms with van der Waals surface area (Å²) in [5, 5.41) is 0. The molecule has 2 nitrogen and oxygen atoms in total. The number of oxazole rings is 1. The van der Waals surface area contributed by atoms with Gasteiger partial charge in [-0.3, -0.25) is 0 Å². The Morgan fingerprint density at radius 2 is 2.18 bits per heavy atom. The van der Waals surface area contributed by atoms with Gasteiger partial charge in [-0.25, -0.2) is 4.98 Å². The molecule has 3 rings (SSSR count). The monoisotopic (exact) mass is 267 g/mol. The molecular formula is C13H14ClNOS. The Balaban J connectivity index is 1.99. The van der Waals surface area contributed by atoms with Gasteiger partial charge >= 0.3 is 0 Å². The van der Waals surface area contributed by atoms with Crippen molar-refractivity contribution in [3.63, 3.8) is 0 Å². The second-order valence-electron chi connectivity index (χ2n) is 4.38. The van der Waals surface area contributed by atoms with Gasteiger partial charge in [-0.2, -0.15) is 0 Å². The number of aromatic nitrogens is 1. The van der Waals surface area contributed by atoms with Crippen LogP contribution >= 0.6 is 22.9 Å². The number of hydrogen-bond donors (Lipinski definition) is 0. The molecule has 90 valence electrons. The van der Waals surface area contributed by atoms with Gasteiger partial charge in [0, 0.05) is 4.88 Å². The normalized spacial score (nSPS) is 15.6. The summed E-state index contributed by atoms with van der Waals surface area (Å²) in [7, 11) is 0. The first-order valence-electron chi connectivity index (χ1n) is 5.99. The van der Waals surface area contributed by atoms with E-state index in [1.807, 2.05) is 11.3 Å². The van der Waals surface area contributed by atoms with Crippen molar-refractivity contribution in [2.75, 3.05) is 0 Å². The molecule has 0 amide bonds. The highest BCUT2D eigenvalue weighted by Gasteiger charge is 2.17. The Morgan fingerprint density at radius 3 is 3.06 bits per heavy atom. The fraction of sp³-hybridized carbons (Fsp3) is 0.462. The minimum atomic E-state index is 0.411. The number of hydrogen-bond acceptors (Lipinski definition) is 3. The van der Waals surface area contributed by atoms with Crippen LogP contribution in [0.4, 0.5) is 0 Å². The molecule has 2 aromatic rings. The molecule has 0 atom stereocenters. The first kappa shape index (κ1) is 11.3. The van der Waals surface area contributed by atoms with E-state index in [0.29, 0.717) is 5.88 Å². The highest BCUT2D eigenvalue weighted by atomic mass is 35.5. The molecule has 0 unspecified atom stereocenters. The van der Waals surface area contributed by atoms with Crippen LogP contribution in [0.3, 0.4) is 0 Å². The lowest BCUT2D eigenvalue weighted by Gasteiger charge is -1.94.